The van der Waals surface area contributed by atoms with Crippen molar-refractivity contribution in [2.45, 2.75) is 19.4 Å². The van der Waals surface area contributed by atoms with Crippen molar-refractivity contribution in [3.8, 4) is 0 Å². The van der Waals surface area contributed by atoms with Gasteiger partial charge in [-0.1, -0.05) is 6.08 Å². The summed E-state index contributed by atoms with van der Waals surface area (Å²) in [5.41, 5.74) is 1.19. The monoisotopic (exact) mass is 417 g/mol. The van der Waals surface area contributed by atoms with Crippen LogP contribution in [0.2, 0.25) is 0 Å². The van der Waals surface area contributed by atoms with Crippen molar-refractivity contribution in [2.75, 3.05) is 39.6 Å². The minimum atomic E-state index is 0. The number of anilines is 1. The average molecular weight is 417 g/mol. The van der Waals surface area contributed by atoms with E-state index in [9.17, 15) is 0 Å². The van der Waals surface area contributed by atoms with E-state index in [1.165, 1.54) is 5.56 Å². The van der Waals surface area contributed by atoms with Crippen LogP contribution in [0.15, 0.2) is 36.0 Å². The Morgan fingerprint density at radius 1 is 1.41 bits per heavy atom. The molecule has 0 aliphatic rings. The van der Waals surface area contributed by atoms with Crippen LogP contribution in [0.3, 0.4) is 0 Å². The summed E-state index contributed by atoms with van der Waals surface area (Å²) >= 11 is 0. The molecule has 0 unspecified atom stereocenters. The van der Waals surface area contributed by atoms with Gasteiger partial charge < -0.3 is 15.1 Å². The molecule has 1 rings (SSSR count). The molecule has 0 saturated carbocycles. The van der Waals surface area contributed by atoms with E-state index >= 15 is 0 Å². The number of aliphatic imine (C=N–C) groups is 1. The van der Waals surface area contributed by atoms with Crippen LogP contribution in [0, 0.1) is 0 Å². The zero-order valence-electron chi connectivity index (χ0n) is 14.0. The minimum Gasteiger partial charge on any atom is -0.363 e. The number of halogens is 1. The van der Waals surface area contributed by atoms with E-state index in [0.717, 1.165) is 37.7 Å². The summed E-state index contributed by atoms with van der Waals surface area (Å²) in [7, 11) is 7.85. The lowest BCUT2D eigenvalue weighted by molar-refractivity contribution is 0.470. The van der Waals surface area contributed by atoms with E-state index < -0.39 is 0 Å². The Hall–Kier alpha value is -1.31. The van der Waals surface area contributed by atoms with E-state index in [4.69, 9.17) is 0 Å². The second kappa shape index (κ2) is 11.3. The van der Waals surface area contributed by atoms with Gasteiger partial charge in [0, 0.05) is 47.5 Å². The highest BCUT2D eigenvalue weighted by Gasteiger charge is 2.05. The molecule has 0 aliphatic carbocycles. The summed E-state index contributed by atoms with van der Waals surface area (Å²) in [5.74, 6) is 1.87. The number of aromatic nitrogens is 1. The second-order valence-electron chi connectivity index (χ2n) is 5.17. The predicted molar refractivity (Wildman–Crippen MR) is 106 cm³/mol. The highest BCUT2D eigenvalue weighted by atomic mass is 127. The first kappa shape index (κ1) is 20.7. The van der Waals surface area contributed by atoms with Gasteiger partial charge in [0.2, 0.25) is 0 Å². The van der Waals surface area contributed by atoms with Gasteiger partial charge in [-0.15, -0.1) is 30.6 Å². The van der Waals surface area contributed by atoms with E-state index in [1.807, 2.05) is 44.4 Å². The van der Waals surface area contributed by atoms with E-state index in [1.54, 1.807) is 0 Å². The van der Waals surface area contributed by atoms with Gasteiger partial charge in [0.25, 0.3) is 0 Å². The fourth-order valence-electron chi connectivity index (χ4n) is 1.96. The van der Waals surface area contributed by atoms with Crippen LogP contribution in [0.1, 0.15) is 18.4 Å². The molecule has 0 aliphatic heterocycles. The van der Waals surface area contributed by atoms with Crippen LogP contribution in [-0.2, 0) is 6.54 Å². The molecule has 0 saturated heterocycles. The lowest BCUT2D eigenvalue weighted by atomic mass is 10.2. The van der Waals surface area contributed by atoms with Crippen molar-refractivity contribution in [3.63, 3.8) is 0 Å². The molecule has 124 valence electrons. The molecule has 1 N–H and O–H groups in total. The largest absolute Gasteiger partial charge is 0.363 e. The van der Waals surface area contributed by atoms with Gasteiger partial charge in [0.05, 0.1) is 0 Å². The van der Waals surface area contributed by atoms with Gasteiger partial charge in [-0.25, -0.2) is 4.98 Å². The predicted octanol–water partition coefficient (Wildman–Crippen LogP) is 2.74. The fourth-order valence-corrected chi connectivity index (χ4v) is 1.96. The molecule has 5 nitrogen and oxygen atoms in total. The molecule has 0 aromatic carbocycles. The molecule has 1 heterocycles. The van der Waals surface area contributed by atoms with Gasteiger partial charge >= 0.3 is 0 Å². The van der Waals surface area contributed by atoms with Gasteiger partial charge in [-0.3, -0.25) is 4.99 Å². The number of unbranched alkanes of at least 4 members (excludes halogenated alkanes) is 1. The average Bonchev–Trinajstić information content (AvgIpc) is 2.48. The number of nitrogens with zero attached hydrogens (tertiary/aromatic N) is 4. The molecule has 22 heavy (non-hydrogen) atoms. The first-order valence-corrected chi connectivity index (χ1v) is 7.23. The van der Waals surface area contributed by atoms with Crippen LogP contribution in [0.25, 0.3) is 0 Å². The molecule has 0 amide bonds. The highest BCUT2D eigenvalue weighted by Crippen LogP contribution is 2.09. The first-order valence-electron chi connectivity index (χ1n) is 7.23. The zero-order chi connectivity index (χ0) is 15.7. The standard InChI is InChI=1S/C16H27N5.HI/c1-6-7-8-11-21(5)16(17-2)19-13-14-9-10-18-15(12-14)20(3)4;/h6,9-10,12H,1,7-8,11,13H2,2-5H3,(H,17,19);1H. The van der Waals surface area contributed by atoms with Crippen LogP contribution in [0.5, 0.6) is 0 Å². The van der Waals surface area contributed by atoms with Gasteiger partial charge in [0.15, 0.2) is 5.96 Å². The Morgan fingerprint density at radius 3 is 2.73 bits per heavy atom. The summed E-state index contributed by atoms with van der Waals surface area (Å²) in [6.07, 6.45) is 5.89. The second-order valence-corrected chi connectivity index (χ2v) is 5.17. The van der Waals surface area contributed by atoms with Gasteiger partial charge in [-0.05, 0) is 30.5 Å². The van der Waals surface area contributed by atoms with Gasteiger partial charge in [-0.2, -0.15) is 0 Å². The number of guanidine groups is 1. The third kappa shape index (κ3) is 7.11. The molecule has 0 spiro atoms. The number of pyridine rings is 1. The molecule has 0 bridgehead atoms. The van der Waals surface area contributed by atoms with Crippen LogP contribution >= 0.6 is 24.0 Å². The Morgan fingerprint density at radius 2 is 2.14 bits per heavy atom. The molecule has 0 fully saturated rings. The Labute approximate surface area is 151 Å². The van der Waals surface area contributed by atoms with Crippen molar-refractivity contribution in [2.24, 2.45) is 4.99 Å². The van der Waals surface area contributed by atoms with Crippen LogP contribution < -0.4 is 10.2 Å². The third-order valence-electron chi connectivity index (χ3n) is 3.19. The van der Waals surface area contributed by atoms with E-state index in [2.05, 4.69) is 39.9 Å². The number of hydrogen-bond donors (Lipinski definition) is 1. The van der Waals surface area contributed by atoms with E-state index in [-0.39, 0.29) is 24.0 Å². The molecule has 1 aromatic rings. The molecule has 0 radical (unpaired) electrons. The fraction of sp³-hybridized carbons (Fsp3) is 0.500. The lowest BCUT2D eigenvalue weighted by Gasteiger charge is -2.22. The summed E-state index contributed by atoms with van der Waals surface area (Å²) in [4.78, 5) is 12.8. The van der Waals surface area contributed by atoms with E-state index in [0.29, 0.717) is 0 Å². The van der Waals surface area contributed by atoms with Crippen molar-refractivity contribution >= 4 is 35.8 Å². The maximum absolute atomic E-state index is 4.32. The Balaban J connectivity index is 0.00000441. The maximum atomic E-state index is 4.32. The third-order valence-corrected chi connectivity index (χ3v) is 3.19. The van der Waals surface area contributed by atoms with Crippen molar-refractivity contribution in [3.05, 3.63) is 36.5 Å². The quantitative estimate of drug-likeness (QED) is 0.244. The minimum absolute atomic E-state index is 0. The first-order chi connectivity index (χ1) is 10.1. The summed E-state index contributed by atoms with van der Waals surface area (Å²) < 4.78 is 0. The number of hydrogen-bond acceptors (Lipinski definition) is 3. The molecule has 0 atom stereocenters. The van der Waals surface area contributed by atoms with Crippen LogP contribution in [0.4, 0.5) is 5.82 Å². The zero-order valence-corrected chi connectivity index (χ0v) is 16.4. The Kier molecular flexibility index (Phi) is 10.6. The number of allylic oxidation sites excluding steroid dienone is 1. The van der Waals surface area contributed by atoms with Crippen molar-refractivity contribution in [1.82, 2.24) is 15.2 Å². The topological polar surface area (TPSA) is 43.8 Å². The summed E-state index contributed by atoms with van der Waals surface area (Å²) in [6.45, 7) is 5.45. The number of rotatable bonds is 7. The molecule has 6 heteroatoms. The van der Waals surface area contributed by atoms with Crippen molar-refractivity contribution in [1.29, 1.82) is 0 Å². The summed E-state index contributed by atoms with van der Waals surface area (Å²) in [5, 5.41) is 3.38. The Bertz CT molecular complexity index is 473. The lowest BCUT2D eigenvalue weighted by Crippen LogP contribution is -2.39. The normalized spacial score (nSPS) is 10.6. The maximum Gasteiger partial charge on any atom is 0.193 e. The van der Waals surface area contributed by atoms with Crippen LogP contribution in [-0.4, -0.2) is 50.6 Å². The summed E-state index contributed by atoms with van der Waals surface area (Å²) in [6, 6.07) is 4.10. The van der Waals surface area contributed by atoms with Gasteiger partial charge in [0.1, 0.15) is 5.82 Å². The molecular weight excluding hydrogens is 389 g/mol. The molecule has 1 aromatic heterocycles. The van der Waals surface area contributed by atoms with Crippen molar-refractivity contribution < 1.29 is 0 Å². The number of nitrogens with one attached hydrogen (secondary N) is 1. The molecular formula is C16H28IN5. The highest BCUT2D eigenvalue weighted by molar-refractivity contribution is 14.0. The SMILES string of the molecule is C=CCCCN(C)C(=NC)NCc1ccnc(N(C)C)c1.I. The smallest absolute Gasteiger partial charge is 0.193 e.